The summed E-state index contributed by atoms with van der Waals surface area (Å²) in [7, 11) is 0. The second-order valence-corrected chi connectivity index (χ2v) is 4.71. The summed E-state index contributed by atoms with van der Waals surface area (Å²) in [5.41, 5.74) is 6.34. The molecule has 0 aliphatic carbocycles. The molecule has 2 rings (SSSR count). The van der Waals surface area contributed by atoms with Crippen LogP contribution in [0.4, 0.5) is 0 Å². The van der Waals surface area contributed by atoms with Crippen LogP contribution >= 0.6 is 11.6 Å². The average Bonchev–Trinajstić information content (AvgIpc) is 2.86. The fourth-order valence-corrected chi connectivity index (χ4v) is 1.93. The van der Waals surface area contributed by atoms with Crippen LogP contribution in [0.25, 0.3) is 0 Å². The van der Waals surface area contributed by atoms with Gasteiger partial charge in [-0.25, -0.2) is 4.68 Å². The number of rotatable bonds is 5. The molecule has 0 unspecified atom stereocenters. The summed E-state index contributed by atoms with van der Waals surface area (Å²) in [4.78, 5) is 23.7. The molecule has 0 aliphatic heterocycles. The first-order valence-corrected chi connectivity index (χ1v) is 6.65. The molecule has 1 heterocycles. The molecular weight excluding hydrogens is 294 g/mol. The van der Waals surface area contributed by atoms with E-state index >= 15 is 0 Å². The third kappa shape index (κ3) is 4.11. The third-order valence-electron chi connectivity index (χ3n) is 2.66. The van der Waals surface area contributed by atoms with Crippen molar-refractivity contribution in [1.82, 2.24) is 20.3 Å². The third-order valence-corrected chi connectivity index (χ3v) is 2.99. The van der Waals surface area contributed by atoms with Gasteiger partial charge in [-0.05, 0) is 18.7 Å². The zero-order valence-corrected chi connectivity index (χ0v) is 11.9. The highest BCUT2D eigenvalue weighted by molar-refractivity contribution is 6.34. The van der Waals surface area contributed by atoms with Gasteiger partial charge in [-0.3, -0.25) is 14.9 Å². The summed E-state index contributed by atoms with van der Waals surface area (Å²) >= 11 is 5.89. The van der Waals surface area contributed by atoms with Crippen LogP contribution in [0, 0.1) is 0 Å². The zero-order chi connectivity index (χ0) is 15.2. The fraction of sp³-hybridized carbons (Fsp3) is 0.231. The Labute approximate surface area is 126 Å². The number of benzene rings is 1. The molecule has 0 atom stereocenters. The minimum atomic E-state index is -0.548. The Morgan fingerprint density at radius 3 is 2.81 bits per heavy atom. The number of amides is 2. The van der Waals surface area contributed by atoms with Gasteiger partial charge in [-0.1, -0.05) is 28.9 Å². The first kappa shape index (κ1) is 15.1. The van der Waals surface area contributed by atoms with E-state index in [1.807, 2.05) is 0 Å². The molecule has 0 bridgehead atoms. The molecule has 0 radical (unpaired) electrons. The Morgan fingerprint density at radius 2 is 2.10 bits per heavy atom. The van der Waals surface area contributed by atoms with Gasteiger partial charge in [0.15, 0.2) is 0 Å². The number of nitrogens with zero attached hydrogens (tertiary/aromatic N) is 3. The molecule has 21 heavy (non-hydrogen) atoms. The van der Waals surface area contributed by atoms with Crippen molar-refractivity contribution >= 4 is 23.4 Å². The van der Waals surface area contributed by atoms with Crippen LogP contribution < -0.4 is 11.1 Å². The van der Waals surface area contributed by atoms with E-state index in [4.69, 9.17) is 17.3 Å². The molecule has 7 nitrogen and oxygen atoms in total. The number of carbonyl (C=O) groups excluding carboxylic acids is 2. The SMILES string of the molecule is NCCc1cn(CC(=O)NC(=O)c2ccccc2Cl)nn1. The van der Waals surface area contributed by atoms with Crippen molar-refractivity contribution in [3.8, 4) is 0 Å². The van der Waals surface area contributed by atoms with E-state index in [1.54, 1.807) is 30.5 Å². The molecule has 2 aromatic rings. The number of hydrogen-bond acceptors (Lipinski definition) is 5. The first-order valence-electron chi connectivity index (χ1n) is 6.28. The smallest absolute Gasteiger partial charge is 0.259 e. The van der Waals surface area contributed by atoms with Crippen molar-refractivity contribution < 1.29 is 9.59 Å². The van der Waals surface area contributed by atoms with Gasteiger partial charge in [0.05, 0.1) is 16.3 Å². The molecule has 8 heteroatoms. The van der Waals surface area contributed by atoms with E-state index in [2.05, 4.69) is 15.6 Å². The predicted octanol–water partition coefficient (Wildman–Crippen LogP) is 0.389. The molecular formula is C13H14ClN5O2. The van der Waals surface area contributed by atoms with Crippen LogP contribution in [0.15, 0.2) is 30.5 Å². The molecule has 0 saturated carbocycles. The van der Waals surface area contributed by atoms with Crippen LogP contribution in [-0.2, 0) is 17.8 Å². The monoisotopic (exact) mass is 307 g/mol. The topological polar surface area (TPSA) is 103 Å². The normalized spacial score (nSPS) is 10.4. The van der Waals surface area contributed by atoms with Crippen molar-refractivity contribution in [3.05, 3.63) is 46.7 Å². The largest absolute Gasteiger partial charge is 0.330 e. The van der Waals surface area contributed by atoms with E-state index in [0.29, 0.717) is 18.7 Å². The van der Waals surface area contributed by atoms with Gasteiger partial charge in [0.2, 0.25) is 5.91 Å². The Balaban J connectivity index is 1.95. The second-order valence-electron chi connectivity index (χ2n) is 4.30. The standard InChI is InChI=1S/C13H14ClN5O2/c14-11-4-2-1-3-10(11)13(21)16-12(20)8-19-7-9(5-6-15)17-18-19/h1-4,7H,5-6,8,15H2,(H,16,20,21). The molecule has 1 aromatic heterocycles. The lowest BCUT2D eigenvalue weighted by Gasteiger charge is -2.05. The highest BCUT2D eigenvalue weighted by Gasteiger charge is 2.14. The minimum Gasteiger partial charge on any atom is -0.330 e. The van der Waals surface area contributed by atoms with Gasteiger partial charge in [-0.15, -0.1) is 5.10 Å². The van der Waals surface area contributed by atoms with Gasteiger partial charge in [0.1, 0.15) is 6.54 Å². The molecule has 1 aromatic carbocycles. The summed E-state index contributed by atoms with van der Waals surface area (Å²) in [6.07, 6.45) is 2.20. The minimum absolute atomic E-state index is 0.103. The number of carbonyl (C=O) groups is 2. The van der Waals surface area contributed by atoms with E-state index in [0.717, 1.165) is 0 Å². The van der Waals surface area contributed by atoms with Gasteiger partial charge < -0.3 is 5.73 Å². The summed E-state index contributed by atoms with van der Waals surface area (Å²) in [5.74, 6) is -1.04. The fourth-order valence-electron chi connectivity index (χ4n) is 1.70. The summed E-state index contributed by atoms with van der Waals surface area (Å²) in [6.45, 7) is 0.351. The molecule has 110 valence electrons. The first-order chi connectivity index (χ1) is 10.1. The van der Waals surface area contributed by atoms with E-state index in [9.17, 15) is 9.59 Å². The van der Waals surface area contributed by atoms with E-state index in [1.165, 1.54) is 4.68 Å². The van der Waals surface area contributed by atoms with Crippen LogP contribution in [0.5, 0.6) is 0 Å². The van der Waals surface area contributed by atoms with Crippen LogP contribution in [0.1, 0.15) is 16.1 Å². The number of aromatic nitrogens is 3. The second kappa shape index (κ2) is 6.96. The van der Waals surface area contributed by atoms with Gasteiger partial charge in [0, 0.05) is 12.6 Å². The average molecular weight is 308 g/mol. The highest BCUT2D eigenvalue weighted by atomic mass is 35.5. The number of imide groups is 1. The molecule has 0 aliphatic rings. The number of nitrogens with two attached hydrogens (primary N) is 1. The lowest BCUT2D eigenvalue weighted by Crippen LogP contribution is -2.33. The van der Waals surface area contributed by atoms with Crippen molar-refractivity contribution in [3.63, 3.8) is 0 Å². The van der Waals surface area contributed by atoms with Gasteiger partial charge in [0.25, 0.3) is 5.91 Å². The maximum absolute atomic E-state index is 11.9. The van der Waals surface area contributed by atoms with Crippen molar-refractivity contribution in [2.45, 2.75) is 13.0 Å². The molecule has 0 spiro atoms. The molecule has 0 fully saturated rings. The maximum Gasteiger partial charge on any atom is 0.259 e. The Kier molecular flexibility index (Phi) is 5.02. The zero-order valence-electron chi connectivity index (χ0n) is 11.1. The van der Waals surface area contributed by atoms with Crippen LogP contribution in [0.3, 0.4) is 0 Å². The van der Waals surface area contributed by atoms with E-state index < -0.39 is 11.8 Å². The lowest BCUT2D eigenvalue weighted by atomic mass is 10.2. The number of hydrogen-bond donors (Lipinski definition) is 2. The van der Waals surface area contributed by atoms with Gasteiger partial charge >= 0.3 is 0 Å². The van der Waals surface area contributed by atoms with Gasteiger partial charge in [-0.2, -0.15) is 0 Å². The summed E-state index contributed by atoms with van der Waals surface area (Å²) < 4.78 is 1.35. The Bertz CT molecular complexity index is 656. The predicted molar refractivity (Wildman–Crippen MR) is 76.7 cm³/mol. The molecule has 2 amide bonds. The highest BCUT2D eigenvalue weighted by Crippen LogP contribution is 2.14. The Hall–Kier alpha value is -2.25. The maximum atomic E-state index is 11.9. The van der Waals surface area contributed by atoms with E-state index in [-0.39, 0.29) is 17.1 Å². The Morgan fingerprint density at radius 1 is 1.33 bits per heavy atom. The number of halogens is 1. The molecule has 3 N–H and O–H groups in total. The quantitative estimate of drug-likeness (QED) is 0.831. The summed E-state index contributed by atoms with van der Waals surface area (Å²) in [5, 5.41) is 10.2. The molecule has 0 saturated heterocycles. The van der Waals surface area contributed by atoms with Crippen molar-refractivity contribution in [2.24, 2.45) is 5.73 Å². The van der Waals surface area contributed by atoms with Crippen molar-refractivity contribution in [2.75, 3.05) is 6.54 Å². The van der Waals surface area contributed by atoms with Crippen LogP contribution in [0.2, 0.25) is 5.02 Å². The summed E-state index contributed by atoms with van der Waals surface area (Å²) in [6, 6.07) is 6.49. The van der Waals surface area contributed by atoms with Crippen LogP contribution in [-0.4, -0.2) is 33.4 Å². The number of nitrogens with one attached hydrogen (secondary N) is 1. The van der Waals surface area contributed by atoms with Crippen molar-refractivity contribution in [1.29, 1.82) is 0 Å². The lowest BCUT2D eigenvalue weighted by molar-refractivity contribution is -0.120.